The zero-order chi connectivity index (χ0) is 15.6. The predicted molar refractivity (Wildman–Crippen MR) is 73.1 cm³/mol. The molecule has 21 heavy (non-hydrogen) atoms. The largest absolute Gasteiger partial charge is 0.476 e. The minimum Gasteiger partial charge on any atom is -0.476 e. The van der Waals surface area contributed by atoms with Crippen LogP contribution in [0.25, 0.3) is 0 Å². The minimum atomic E-state index is -1.11. The molecular weight excluding hydrogens is 276 g/mol. The second kappa shape index (κ2) is 5.71. The van der Waals surface area contributed by atoms with Crippen LogP contribution in [0.5, 0.6) is 0 Å². The Bertz CT molecular complexity index is 535. The number of piperidine rings is 1. The SMILES string of the molecule is CC(C)(C)OC(=O)N1CCCC(n2cc(C(=O)O)nn2)C1. The number of carboxylic acids is 1. The summed E-state index contributed by atoms with van der Waals surface area (Å²) in [5.41, 5.74) is -0.627. The number of ether oxygens (including phenoxy) is 1. The summed E-state index contributed by atoms with van der Waals surface area (Å²) in [4.78, 5) is 24.5. The molecule has 2 heterocycles. The summed E-state index contributed by atoms with van der Waals surface area (Å²) in [5.74, 6) is -1.11. The van der Waals surface area contributed by atoms with Crippen LogP contribution in [-0.2, 0) is 4.74 Å². The lowest BCUT2D eigenvalue weighted by Gasteiger charge is -2.33. The molecule has 0 saturated carbocycles. The molecule has 1 aromatic rings. The van der Waals surface area contributed by atoms with Crippen LogP contribution in [0.15, 0.2) is 6.20 Å². The van der Waals surface area contributed by atoms with E-state index in [1.54, 1.807) is 4.90 Å². The van der Waals surface area contributed by atoms with Crippen molar-refractivity contribution in [3.63, 3.8) is 0 Å². The molecule has 1 N–H and O–H groups in total. The minimum absolute atomic E-state index is 0.0770. The maximum Gasteiger partial charge on any atom is 0.410 e. The third-order valence-electron chi connectivity index (χ3n) is 3.15. The predicted octanol–water partition coefficient (Wildman–Crippen LogP) is 1.55. The van der Waals surface area contributed by atoms with Gasteiger partial charge in [-0.3, -0.25) is 0 Å². The summed E-state index contributed by atoms with van der Waals surface area (Å²) < 4.78 is 6.87. The second-order valence-electron chi connectivity index (χ2n) is 6.11. The first kappa shape index (κ1) is 15.3. The van der Waals surface area contributed by atoms with Crippen molar-refractivity contribution in [1.82, 2.24) is 19.9 Å². The Labute approximate surface area is 122 Å². The molecule has 1 aliphatic rings. The second-order valence-corrected chi connectivity index (χ2v) is 6.11. The molecule has 0 bridgehead atoms. The van der Waals surface area contributed by atoms with E-state index in [0.717, 1.165) is 12.8 Å². The Morgan fingerprint density at radius 1 is 1.43 bits per heavy atom. The Balaban J connectivity index is 2.03. The number of rotatable bonds is 2. The number of carbonyl (C=O) groups excluding carboxylic acids is 1. The van der Waals surface area contributed by atoms with Crippen LogP contribution in [0.1, 0.15) is 50.1 Å². The molecule has 2 rings (SSSR count). The van der Waals surface area contributed by atoms with Crippen LogP contribution in [0, 0.1) is 0 Å². The van der Waals surface area contributed by atoms with E-state index in [4.69, 9.17) is 9.84 Å². The fraction of sp³-hybridized carbons (Fsp3) is 0.692. The van der Waals surface area contributed by atoms with Gasteiger partial charge in [-0.05, 0) is 33.6 Å². The van der Waals surface area contributed by atoms with E-state index in [9.17, 15) is 9.59 Å². The number of hydrogen-bond donors (Lipinski definition) is 1. The first-order chi connectivity index (χ1) is 9.76. The Morgan fingerprint density at radius 2 is 2.14 bits per heavy atom. The van der Waals surface area contributed by atoms with Crippen molar-refractivity contribution in [3.05, 3.63) is 11.9 Å². The van der Waals surface area contributed by atoms with Crippen LogP contribution in [0.4, 0.5) is 4.79 Å². The molecule has 1 aromatic heterocycles. The maximum atomic E-state index is 12.1. The number of aromatic nitrogens is 3. The van der Waals surface area contributed by atoms with Crippen molar-refractivity contribution in [2.75, 3.05) is 13.1 Å². The number of amides is 1. The third-order valence-corrected chi connectivity index (χ3v) is 3.15. The van der Waals surface area contributed by atoms with Gasteiger partial charge in [-0.25, -0.2) is 14.3 Å². The molecule has 0 aromatic carbocycles. The van der Waals surface area contributed by atoms with Crippen molar-refractivity contribution in [2.45, 2.75) is 45.3 Å². The van der Waals surface area contributed by atoms with E-state index in [1.807, 2.05) is 20.8 Å². The zero-order valence-electron chi connectivity index (χ0n) is 12.4. The summed E-state index contributed by atoms with van der Waals surface area (Å²) >= 11 is 0. The third kappa shape index (κ3) is 3.93. The van der Waals surface area contributed by atoms with Gasteiger partial charge in [0.15, 0.2) is 5.69 Å². The molecule has 1 unspecified atom stereocenters. The topological polar surface area (TPSA) is 97.5 Å². The van der Waals surface area contributed by atoms with Crippen molar-refractivity contribution >= 4 is 12.1 Å². The van der Waals surface area contributed by atoms with E-state index in [2.05, 4.69) is 10.3 Å². The molecule has 1 saturated heterocycles. The number of likely N-dealkylation sites (tertiary alicyclic amines) is 1. The van der Waals surface area contributed by atoms with Crippen LogP contribution in [0.2, 0.25) is 0 Å². The van der Waals surface area contributed by atoms with E-state index in [-0.39, 0.29) is 17.8 Å². The van der Waals surface area contributed by atoms with Crippen LogP contribution in [-0.4, -0.2) is 55.8 Å². The summed E-state index contributed by atoms with van der Waals surface area (Å²) in [5, 5.41) is 16.3. The van der Waals surface area contributed by atoms with Crippen molar-refractivity contribution in [1.29, 1.82) is 0 Å². The molecule has 0 radical (unpaired) electrons. The van der Waals surface area contributed by atoms with Gasteiger partial charge in [-0.15, -0.1) is 5.10 Å². The Hall–Kier alpha value is -2.12. The first-order valence-electron chi connectivity index (χ1n) is 6.89. The molecule has 8 nitrogen and oxygen atoms in total. The van der Waals surface area contributed by atoms with Gasteiger partial charge in [-0.1, -0.05) is 5.21 Å². The average molecular weight is 296 g/mol. The van der Waals surface area contributed by atoms with E-state index in [1.165, 1.54) is 10.9 Å². The molecule has 0 aliphatic carbocycles. The average Bonchev–Trinajstić information content (AvgIpc) is 2.86. The van der Waals surface area contributed by atoms with Crippen molar-refractivity contribution in [2.24, 2.45) is 0 Å². The molecule has 116 valence electrons. The van der Waals surface area contributed by atoms with Crippen molar-refractivity contribution in [3.8, 4) is 0 Å². The van der Waals surface area contributed by atoms with Crippen molar-refractivity contribution < 1.29 is 19.4 Å². The van der Waals surface area contributed by atoms with E-state index < -0.39 is 11.6 Å². The summed E-state index contributed by atoms with van der Waals surface area (Å²) in [7, 11) is 0. The molecule has 1 fully saturated rings. The van der Waals surface area contributed by atoms with Gasteiger partial charge in [0.1, 0.15) is 5.60 Å². The van der Waals surface area contributed by atoms with Crippen LogP contribution >= 0.6 is 0 Å². The summed E-state index contributed by atoms with van der Waals surface area (Å²) in [6.45, 7) is 6.54. The van der Waals surface area contributed by atoms with Gasteiger partial charge in [-0.2, -0.15) is 0 Å². The van der Waals surface area contributed by atoms with Gasteiger partial charge in [0.05, 0.1) is 12.2 Å². The molecule has 1 aliphatic heterocycles. The Morgan fingerprint density at radius 3 is 2.71 bits per heavy atom. The molecule has 8 heteroatoms. The van der Waals surface area contributed by atoms with Crippen LogP contribution in [0.3, 0.4) is 0 Å². The number of hydrogen-bond acceptors (Lipinski definition) is 5. The van der Waals surface area contributed by atoms with Gasteiger partial charge >= 0.3 is 12.1 Å². The summed E-state index contributed by atoms with van der Waals surface area (Å²) in [6.07, 6.45) is 2.67. The standard InChI is InChI=1S/C13H20N4O4/c1-13(2,3)21-12(20)16-6-4-5-9(7-16)17-8-10(11(18)19)14-15-17/h8-9H,4-7H2,1-3H3,(H,18,19). The first-order valence-corrected chi connectivity index (χ1v) is 6.89. The number of carboxylic acid groups (broad SMARTS) is 1. The maximum absolute atomic E-state index is 12.1. The highest BCUT2D eigenvalue weighted by atomic mass is 16.6. The lowest BCUT2D eigenvalue weighted by atomic mass is 10.1. The van der Waals surface area contributed by atoms with Crippen LogP contribution < -0.4 is 0 Å². The normalized spacial score (nSPS) is 19.4. The molecule has 1 atom stereocenters. The fourth-order valence-electron chi connectivity index (χ4n) is 2.22. The Kier molecular flexibility index (Phi) is 4.15. The summed E-state index contributed by atoms with van der Waals surface area (Å²) in [6, 6.07) is -0.0770. The smallest absolute Gasteiger partial charge is 0.410 e. The van der Waals surface area contributed by atoms with E-state index >= 15 is 0 Å². The molecule has 0 spiro atoms. The quantitative estimate of drug-likeness (QED) is 0.889. The lowest BCUT2D eigenvalue weighted by molar-refractivity contribution is 0.0166. The van der Waals surface area contributed by atoms with Gasteiger partial charge in [0.25, 0.3) is 0 Å². The molecule has 1 amide bonds. The van der Waals surface area contributed by atoms with Gasteiger partial charge in [0, 0.05) is 13.1 Å². The zero-order valence-corrected chi connectivity index (χ0v) is 12.4. The highest BCUT2D eigenvalue weighted by molar-refractivity contribution is 5.84. The highest BCUT2D eigenvalue weighted by Crippen LogP contribution is 2.22. The number of aromatic carboxylic acids is 1. The molecular formula is C13H20N4O4. The number of carbonyl (C=O) groups is 2. The lowest BCUT2D eigenvalue weighted by Crippen LogP contribution is -2.43. The highest BCUT2D eigenvalue weighted by Gasteiger charge is 2.29. The fourth-order valence-corrected chi connectivity index (χ4v) is 2.22. The van der Waals surface area contributed by atoms with E-state index in [0.29, 0.717) is 13.1 Å². The number of nitrogens with zero attached hydrogens (tertiary/aromatic N) is 4. The van der Waals surface area contributed by atoms with Gasteiger partial charge < -0.3 is 14.7 Å². The van der Waals surface area contributed by atoms with Gasteiger partial charge in [0.2, 0.25) is 0 Å². The monoisotopic (exact) mass is 296 g/mol.